The summed E-state index contributed by atoms with van der Waals surface area (Å²) < 4.78 is 0.530. The lowest BCUT2D eigenvalue weighted by molar-refractivity contribution is 0.0698. The first-order chi connectivity index (χ1) is 9.33. The number of hydrogen-bond acceptors (Lipinski definition) is 2. The average molecular weight is 343 g/mol. The number of hydrogen-bond donors (Lipinski definition) is 3. The van der Waals surface area contributed by atoms with Crippen molar-refractivity contribution in [2.24, 2.45) is 0 Å². The predicted molar refractivity (Wildman–Crippen MR) is 82.2 cm³/mol. The average Bonchev–Trinajstić information content (AvgIpc) is 2.40. The number of urea groups is 1. The van der Waals surface area contributed by atoms with Crippen molar-refractivity contribution in [2.75, 3.05) is 5.32 Å². The fourth-order valence-corrected chi connectivity index (χ4v) is 2.14. The number of para-hydroxylation sites is 1. The zero-order valence-electron chi connectivity index (χ0n) is 11.8. The van der Waals surface area contributed by atoms with E-state index >= 15 is 0 Å². The molecule has 0 fully saturated rings. The number of rotatable bonds is 5. The summed E-state index contributed by atoms with van der Waals surface area (Å²) in [4.78, 5) is 23.2. The molecule has 0 atom stereocenters. The number of nitrogens with one attached hydrogen (secondary N) is 2. The zero-order valence-corrected chi connectivity index (χ0v) is 13.4. The fourth-order valence-electron chi connectivity index (χ4n) is 1.68. The molecule has 0 aliphatic rings. The van der Waals surface area contributed by atoms with Crippen molar-refractivity contribution in [1.29, 1.82) is 0 Å². The minimum absolute atomic E-state index is 0.0456. The molecular weight excluding hydrogens is 324 g/mol. The molecule has 0 spiro atoms. The van der Waals surface area contributed by atoms with Crippen molar-refractivity contribution >= 4 is 33.6 Å². The lowest BCUT2D eigenvalue weighted by Gasteiger charge is -2.28. The number of aromatic carboxylic acids is 1. The van der Waals surface area contributed by atoms with E-state index in [2.05, 4.69) is 26.6 Å². The second-order valence-electron chi connectivity index (χ2n) is 4.81. The van der Waals surface area contributed by atoms with Crippen LogP contribution in [0.5, 0.6) is 0 Å². The van der Waals surface area contributed by atoms with Gasteiger partial charge in [-0.2, -0.15) is 0 Å². The van der Waals surface area contributed by atoms with E-state index in [1.54, 1.807) is 12.1 Å². The molecule has 0 saturated heterocycles. The van der Waals surface area contributed by atoms with Gasteiger partial charge in [0, 0.05) is 10.0 Å². The van der Waals surface area contributed by atoms with Gasteiger partial charge in [-0.1, -0.05) is 19.9 Å². The summed E-state index contributed by atoms with van der Waals surface area (Å²) in [5, 5.41) is 14.6. The molecule has 0 aliphatic carbocycles. The number of carbonyl (C=O) groups excluding carboxylic acids is 1. The van der Waals surface area contributed by atoms with E-state index in [4.69, 9.17) is 5.11 Å². The van der Waals surface area contributed by atoms with Gasteiger partial charge >= 0.3 is 12.0 Å². The first-order valence-electron chi connectivity index (χ1n) is 6.44. The lowest BCUT2D eigenvalue weighted by Crippen LogP contribution is -2.47. The van der Waals surface area contributed by atoms with E-state index in [-0.39, 0.29) is 16.8 Å². The number of anilines is 1. The summed E-state index contributed by atoms with van der Waals surface area (Å²) >= 11 is 3.25. The quantitative estimate of drug-likeness (QED) is 0.760. The highest BCUT2D eigenvalue weighted by molar-refractivity contribution is 9.10. The molecule has 3 N–H and O–H groups in total. The number of halogens is 1. The third-order valence-corrected chi connectivity index (χ3v) is 4.12. The van der Waals surface area contributed by atoms with Crippen molar-refractivity contribution in [2.45, 2.75) is 39.2 Å². The van der Waals surface area contributed by atoms with E-state index < -0.39 is 12.0 Å². The minimum atomic E-state index is -1.09. The molecule has 110 valence electrons. The van der Waals surface area contributed by atoms with Crippen molar-refractivity contribution in [3.05, 3.63) is 28.2 Å². The van der Waals surface area contributed by atoms with Crippen molar-refractivity contribution in [3.63, 3.8) is 0 Å². The van der Waals surface area contributed by atoms with Crippen molar-refractivity contribution < 1.29 is 14.7 Å². The first-order valence-corrected chi connectivity index (χ1v) is 7.23. The van der Waals surface area contributed by atoms with Crippen LogP contribution in [-0.4, -0.2) is 22.6 Å². The second-order valence-corrected chi connectivity index (χ2v) is 5.67. The Morgan fingerprint density at radius 3 is 2.40 bits per heavy atom. The van der Waals surface area contributed by atoms with Gasteiger partial charge in [0.1, 0.15) is 0 Å². The largest absolute Gasteiger partial charge is 0.478 e. The summed E-state index contributed by atoms with van der Waals surface area (Å²) in [5.41, 5.74) is -0.00867. The third-order valence-electron chi connectivity index (χ3n) is 3.46. The van der Waals surface area contributed by atoms with Crippen molar-refractivity contribution in [1.82, 2.24) is 5.32 Å². The molecule has 0 unspecified atom stereocenters. The Bertz CT molecular complexity index is 513. The van der Waals surface area contributed by atoms with Gasteiger partial charge in [0.15, 0.2) is 0 Å². The van der Waals surface area contributed by atoms with Gasteiger partial charge in [0.05, 0.1) is 11.3 Å². The summed E-state index contributed by atoms with van der Waals surface area (Å²) in [6, 6.07) is 4.33. The Kier molecular flexibility index (Phi) is 5.56. The Morgan fingerprint density at radius 2 is 1.90 bits per heavy atom. The zero-order chi connectivity index (χ0) is 15.3. The Labute approximate surface area is 126 Å². The lowest BCUT2D eigenvalue weighted by atomic mass is 9.96. The van der Waals surface area contributed by atoms with Gasteiger partial charge in [-0.05, 0) is 47.8 Å². The molecule has 0 bridgehead atoms. The van der Waals surface area contributed by atoms with E-state index in [1.165, 1.54) is 6.07 Å². The molecule has 0 saturated carbocycles. The summed E-state index contributed by atoms with van der Waals surface area (Å²) in [5.74, 6) is -1.09. The highest BCUT2D eigenvalue weighted by Gasteiger charge is 2.23. The number of carbonyl (C=O) groups is 2. The Balaban J connectivity index is 2.94. The maximum absolute atomic E-state index is 12.0. The van der Waals surface area contributed by atoms with Crippen LogP contribution in [-0.2, 0) is 0 Å². The van der Waals surface area contributed by atoms with Crippen molar-refractivity contribution in [3.8, 4) is 0 Å². The minimum Gasteiger partial charge on any atom is -0.478 e. The van der Waals surface area contributed by atoms with Crippen LogP contribution >= 0.6 is 15.9 Å². The van der Waals surface area contributed by atoms with Gasteiger partial charge in [-0.25, -0.2) is 9.59 Å². The van der Waals surface area contributed by atoms with Gasteiger partial charge in [-0.15, -0.1) is 0 Å². The molecule has 0 aromatic heterocycles. The van der Waals surface area contributed by atoms with Crippen LogP contribution in [0.1, 0.15) is 44.0 Å². The van der Waals surface area contributed by atoms with Crippen LogP contribution in [0.2, 0.25) is 0 Å². The highest BCUT2D eigenvalue weighted by atomic mass is 79.9. The molecule has 1 rings (SSSR count). The number of benzene rings is 1. The van der Waals surface area contributed by atoms with E-state index in [1.807, 2.05) is 20.8 Å². The monoisotopic (exact) mass is 342 g/mol. The summed E-state index contributed by atoms with van der Waals surface area (Å²) in [6.45, 7) is 5.93. The third kappa shape index (κ3) is 3.96. The SMILES string of the molecule is CCC(C)(CC)NC(=O)Nc1c(Br)cccc1C(=O)O. The number of carboxylic acids is 1. The van der Waals surface area contributed by atoms with Gasteiger partial charge < -0.3 is 15.7 Å². The van der Waals surface area contributed by atoms with Gasteiger partial charge in [0.2, 0.25) is 0 Å². The summed E-state index contributed by atoms with van der Waals surface area (Å²) in [6.07, 6.45) is 1.58. The maximum atomic E-state index is 12.0. The van der Waals surface area contributed by atoms with Gasteiger partial charge in [-0.3, -0.25) is 0 Å². The molecule has 0 radical (unpaired) electrons. The number of carboxylic acid groups (broad SMARTS) is 1. The van der Waals surface area contributed by atoms with E-state index in [0.717, 1.165) is 12.8 Å². The van der Waals surface area contributed by atoms with E-state index in [9.17, 15) is 9.59 Å². The molecule has 6 heteroatoms. The molecule has 0 aliphatic heterocycles. The normalized spacial score (nSPS) is 11.0. The fraction of sp³-hybridized carbons (Fsp3) is 0.429. The Morgan fingerprint density at radius 1 is 1.30 bits per heavy atom. The molecule has 5 nitrogen and oxygen atoms in total. The smallest absolute Gasteiger partial charge is 0.337 e. The molecular formula is C14H19BrN2O3. The van der Waals surface area contributed by atoms with Crippen LogP contribution in [0.3, 0.4) is 0 Å². The molecule has 1 aromatic rings. The van der Waals surface area contributed by atoms with Crippen LogP contribution in [0, 0.1) is 0 Å². The Hall–Kier alpha value is -1.56. The summed E-state index contributed by atoms with van der Waals surface area (Å²) in [7, 11) is 0. The standard InChI is InChI=1S/C14H19BrN2O3/c1-4-14(3,5-2)17-13(20)16-11-9(12(18)19)7-6-8-10(11)15/h6-8H,4-5H2,1-3H3,(H,18,19)(H2,16,17,20). The van der Waals surface area contributed by atoms with E-state index in [0.29, 0.717) is 4.47 Å². The maximum Gasteiger partial charge on any atom is 0.337 e. The highest BCUT2D eigenvalue weighted by Crippen LogP contribution is 2.26. The van der Waals surface area contributed by atoms with Crippen LogP contribution in [0.15, 0.2) is 22.7 Å². The number of amides is 2. The first kappa shape index (κ1) is 16.5. The molecule has 1 aromatic carbocycles. The second kappa shape index (κ2) is 6.74. The van der Waals surface area contributed by atoms with Crippen LogP contribution in [0.4, 0.5) is 10.5 Å². The topological polar surface area (TPSA) is 78.4 Å². The molecule has 0 heterocycles. The van der Waals surface area contributed by atoms with Crippen LogP contribution < -0.4 is 10.6 Å². The predicted octanol–water partition coefficient (Wildman–Crippen LogP) is 3.85. The van der Waals surface area contributed by atoms with Crippen LogP contribution in [0.25, 0.3) is 0 Å². The molecule has 20 heavy (non-hydrogen) atoms. The van der Waals surface area contributed by atoms with Gasteiger partial charge in [0.25, 0.3) is 0 Å². The molecule has 2 amide bonds.